The molecule has 32 heavy (non-hydrogen) atoms. The Kier molecular flexibility index (Phi) is 8.57. The van der Waals surface area contributed by atoms with Gasteiger partial charge in [0.1, 0.15) is 11.6 Å². The van der Waals surface area contributed by atoms with Crippen LogP contribution in [-0.4, -0.2) is 22.1 Å². The van der Waals surface area contributed by atoms with E-state index < -0.39 is 0 Å². The number of ether oxygens (including phenoxy) is 1. The van der Waals surface area contributed by atoms with Crippen LogP contribution in [0.15, 0.2) is 36.4 Å². The van der Waals surface area contributed by atoms with Crippen molar-refractivity contribution in [2.45, 2.75) is 66.5 Å². The quantitative estimate of drug-likeness (QED) is 0.349. The summed E-state index contributed by atoms with van der Waals surface area (Å²) < 4.78 is 8.17. The number of para-hydroxylation sites is 2. The van der Waals surface area contributed by atoms with Crippen molar-refractivity contribution in [3.63, 3.8) is 0 Å². The van der Waals surface area contributed by atoms with Crippen molar-refractivity contribution in [1.29, 1.82) is 0 Å². The topological polar surface area (TPSA) is 56.2 Å². The fraction of sp³-hybridized carbons (Fsp3) is 0.462. The van der Waals surface area contributed by atoms with E-state index in [0.29, 0.717) is 13.2 Å². The van der Waals surface area contributed by atoms with Crippen molar-refractivity contribution in [3.05, 3.63) is 58.4 Å². The third-order valence-corrected chi connectivity index (χ3v) is 6.56. The van der Waals surface area contributed by atoms with Gasteiger partial charge in [-0.25, -0.2) is 4.98 Å². The van der Waals surface area contributed by atoms with Crippen molar-refractivity contribution < 1.29 is 9.53 Å². The van der Waals surface area contributed by atoms with Crippen LogP contribution in [0.2, 0.25) is 5.02 Å². The maximum Gasteiger partial charge on any atom is 0.223 e. The first-order valence-corrected chi connectivity index (χ1v) is 11.9. The summed E-state index contributed by atoms with van der Waals surface area (Å²) in [6, 6.07) is 12.1. The highest BCUT2D eigenvalue weighted by atomic mass is 35.5. The number of carbonyl (C=O) groups excluding carboxylic acids is 1. The van der Waals surface area contributed by atoms with Gasteiger partial charge in [0.25, 0.3) is 0 Å². The van der Waals surface area contributed by atoms with E-state index >= 15 is 0 Å². The molecule has 1 N–H and O–H groups in total. The van der Waals surface area contributed by atoms with Crippen LogP contribution in [0.5, 0.6) is 5.75 Å². The Bertz CT molecular complexity index is 1030. The second-order valence-corrected chi connectivity index (χ2v) is 8.70. The van der Waals surface area contributed by atoms with Gasteiger partial charge >= 0.3 is 0 Å². The summed E-state index contributed by atoms with van der Waals surface area (Å²) in [7, 11) is 0. The molecule has 0 saturated heterocycles. The van der Waals surface area contributed by atoms with Crippen LogP contribution < -0.4 is 10.1 Å². The number of halogens is 1. The van der Waals surface area contributed by atoms with Crippen molar-refractivity contribution in [1.82, 2.24) is 14.9 Å². The highest BCUT2D eigenvalue weighted by Crippen LogP contribution is 2.26. The van der Waals surface area contributed by atoms with E-state index in [9.17, 15) is 4.79 Å². The molecule has 1 heterocycles. The smallest absolute Gasteiger partial charge is 0.223 e. The normalized spacial score (nSPS) is 11.3. The molecule has 172 valence electrons. The summed E-state index contributed by atoms with van der Waals surface area (Å²) >= 11 is 6.24. The van der Waals surface area contributed by atoms with Crippen LogP contribution in [0.1, 0.15) is 56.5 Å². The summed E-state index contributed by atoms with van der Waals surface area (Å²) in [6.45, 7) is 10.0. The van der Waals surface area contributed by atoms with Gasteiger partial charge in [0, 0.05) is 17.5 Å². The molecule has 1 amide bonds. The molecule has 3 rings (SSSR count). The lowest BCUT2D eigenvalue weighted by Crippen LogP contribution is -2.30. The van der Waals surface area contributed by atoms with E-state index in [1.807, 2.05) is 44.2 Å². The Labute approximate surface area is 196 Å². The van der Waals surface area contributed by atoms with Gasteiger partial charge in [0.15, 0.2) is 0 Å². The molecule has 1 aromatic heterocycles. The zero-order valence-corrected chi connectivity index (χ0v) is 20.3. The maximum absolute atomic E-state index is 12.4. The van der Waals surface area contributed by atoms with Crippen molar-refractivity contribution in [2.75, 3.05) is 6.61 Å². The minimum absolute atomic E-state index is 0.0603. The molecular formula is C26H34ClN3O2. The fourth-order valence-corrected chi connectivity index (χ4v) is 4.14. The third-order valence-electron chi connectivity index (χ3n) is 5.97. The lowest BCUT2D eigenvalue weighted by molar-refractivity contribution is -0.125. The largest absolute Gasteiger partial charge is 0.494 e. The molecular weight excluding hydrogens is 422 g/mol. The van der Waals surface area contributed by atoms with Gasteiger partial charge in [0.2, 0.25) is 5.91 Å². The predicted octanol–water partition coefficient (Wildman–Crippen LogP) is 6.22. The molecule has 0 spiro atoms. The number of hydrogen-bond donors (Lipinski definition) is 1. The molecule has 0 aliphatic carbocycles. The van der Waals surface area contributed by atoms with Crippen molar-refractivity contribution in [3.8, 4) is 5.75 Å². The number of aromatic nitrogens is 2. The first kappa shape index (κ1) is 24.1. The zero-order chi connectivity index (χ0) is 23.1. The highest BCUT2D eigenvalue weighted by molar-refractivity contribution is 6.32. The van der Waals surface area contributed by atoms with Crippen LogP contribution in [-0.2, 0) is 17.9 Å². The number of nitrogens with zero attached hydrogens (tertiary/aromatic N) is 2. The van der Waals surface area contributed by atoms with Gasteiger partial charge in [-0.1, -0.05) is 37.6 Å². The Balaban J connectivity index is 1.60. The number of carbonyl (C=O) groups is 1. The number of unbranched alkanes of at least 4 members (excludes halogenated alkanes) is 1. The molecule has 2 aromatic carbocycles. The van der Waals surface area contributed by atoms with Gasteiger partial charge in [-0.3, -0.25) is 4.79 Å². The summed E-state index contributed by atoms with van der Waals surface area (Å²) in [5.74, 6) is 1.93. The third kappa shape index (κ3) is 5.83. The highest BCUT2D eigenvalue weighted by Gasteiger charge is 2.16. The predicted molar refractivity (Wildman–Crippen MR) is 131 cm³/mol. The number of fused-ring (bicyclic) bond motifs is 1. The molecule has 0 saturated carbocycles. The Morgan fingerprint density at radius 2 is 1.81 bits per heavy atom. The second kappa shape index (κ2) is 11.4. The van der Waals surface area contributed by atoms with Crippen LogP contribution in [0.3, 0.4) is 0 Å². The number of benzene rings is 2. The van der Waals surface area contributed by atoms with E-state index in [2.05, 4.69) is 29.8 Å². The van der Waals surface area contributed by atoms with E-state index in [4.69, 9.17) is 21.3 Å². The number of nitrogens with one attached hydrogen (secondary N) is 1. The fourth-order valence-electron chi connectivity index (χ4n) is 4.03. The number of amides is 1. The van der Waals surface area contributed by atoms with Crippen molar-refractivity contribution >= 4 is 28.5 Å². The van der Waals surface area contributed by atoms with Gasteiger partial charge in [-0.05, 0) is 74.9 Å². The molecule has 0 atom stereocenters. The SMILES string of the molecule is CCC(CC)C(=O)NCc1nc2ccccc2n1CCCCOc1cc(C)c(Cl)c(C)c1. The number of imidazole rings is 1. The second-order valence-electron chi connectivity index (χ2n) is 8.33. The monoisotopic (exact) mass is 455 g/mol. The Morgan fingerprint density at radius 1 is 1.12 bits per heavy atom. The number of hydrogen-bond acceptors (Lipinski definition) is 3. The zero-order valence-electron chi connectivity index (χ0n) is 19.6. The Morgan fingerprint density at radius 3 is 2.50 bits per heavy atom. The minimum atomic E-state index is 0.0603. The van der Waals surface area contributed by atoms with Crippen LogP contribution in [0.25, 0.3) is 11.0 Å². The average molecular weight is 456 g/mol. The molecule has 6 heteroatoms. The lowest BCUT2D eigenvalue weighted by atomic mass is 10.0. The van der Waals surface area contributed by atoms with E-state index in [1.54, 1.807) is 0 Å². The summed E-state index contributed by atoms with van der Waals surface area (Å²) in [6.07, 6.45) is 3.59. The minimum Gasteiger partial charge on any atom is -0.494 e. The first-order chi connectivity index (χ1) is 15.4. The van der Waals surface area contributed by atoms with E-state index in [-0.39, 0.29) is 11.8 Å². The van der Waals surface area contributed by atoms with Gasteiger partial charge in [-0.15, -0.1) is 0 Å². The number of aryl methyl sites for hydroxylation is 3. The molecule has 0 bridgehead atoms. The summed E-state index contributed by atoms with van der Waals surface area (Å²) in [4.78, 5) is 17.2. The van der Waals surface area contributed by atoms with E-state index in [0.717, 1.165) is 71.0 Å². The average Bonchev–Trinajstić information content (AvgIpc) is 3.14. The number of rotatable bonds is 11. The first-order valence-electron chi connectivity index (χ1n) is 11.6. The van der Waals surface area contributed by atoms with Crippen LogP contribution in [0, 0.1) is 19.8 Å². The molecule has 3 aromatic rings. The van der Waals surface area contributed by atoms with Gasteiger partial charge < -0.3 is 14.6 Å². The maximum atomic E-state index is 12.4. The standard InChI is InChI=1S/C26H34ClN3O2/c1-5-20(6-2)26(31)28-17-24-29-22-11-7-8-12-23(22)30(24)13-9-10-14-32-21-15-18(3)25(27)19(4)16-21/h7-8,11-12,15-16,20H,5-6,9-10,13-14,17H2,1-4H3,(H,28,31). The molecule has 0 radical (unpaired) electrons. The van der Waals surface area contributed by atoms with Gasteiger partial charge in [0.05, 0.1) is 24.2 Å². The van der Waals surface area contributed by atoms with E-state index in [1.165, 1.54) is 0 Å². The molecule has 0 fully saturated rings. The van der Waals surface area contributed by atoms with Crippen molar-refractivity contribution in [2.24, 2.45) is 5.92 Å². The molecule has 5 nitrogen and oxygen atoms in total. The van der Waals surface area contributed by atoms with Crippen LogP contribution in [0.4, 0.5) is 0 Å². The molecule has 0 aliphatic rings. The molecule has 0 unspecified atom stereocenters. The Hall–Kier alpha value is -2.53. The molecule has 0 aliphatic heterocycles. The van der Waals surface area contributed by atoms with Crippen LogP contribution >= 0.6 is 11.6 Å². The lowest BCUT2D eigenvalue weighted by Gasteiger charge is -2.14. The summed E-state index contributed by atoms with van der Waals surface area (Å²) in [5, 5.41) is 3.88. The summed E-state index contributed by atoms with van der Waals surface area (Å²) in [5.41, 5.74) is 4.13. The van der Waals surface area contributed by atoms with Gasteiger partial charge in [-0.2, -0.15) is 0 Å².